The second-order valence-corrected chi connectivity index (χ2v) is 10.1. The van der Waals surface area contributed by atoms with Crippen molar-refractivity contribution in [3.8, 4) is 5.75 Å². The summed E-state index contributed by atoms with van der Waals surface area (Å²) in [7, 11) is -1.47. The molecule has 41 heavy (non-hydrogen) atoms. The Morgan fingerprint density at radius 3 is 2.78 bits per heavy atom. The summed E-state index contributed by atoms with van der Waals surface area (Å²) < 4.78 is 22.2. The van der Waals surface area contributed by atoms with Gasteiger partial charge in [-0.15, -0.1) is 5.10 Å². The van der Waals surface area contributed by atoms with E-state index in [-0.39, 0.29) is 41.9 Å². The lowest BCUT2D eigenvalue weighted by molar-refractivity contribution is -0.175. The fourth-order valence-corrected chi connectivity index (χ4v) is 4.43. The SMILES string of the molecule is CCOC(C)(C)C(=O)OCOC(=O)c1cccc2c1OB(O)[C@@H](NC(=O)Cn1cc(C(=O)N[C@H]3CCNC3)nn1)C2. The van der Waals surface area contributed by atoms with Crippen LogP contribution in [0.1, 0.15) is 53.6 Å². The number of carbonyl (C=O) groups is 4. The molecule has 16 heteroatoms. The summed E-state index contributed by atoms with van der Waals surface area (Å²) in [4.78, 5) is 49.8. The highest BCUT2D eigenvalue weighted by Gasteiger charge is 2.38. The number of nitrogens with one attached hydrogen (secondary N) is 3. The van der Waals surface area contributed by atoms with Crippen LogP contribution in [0.2, 0.25) is 0 Å². The number of amides is 2. The summed E-state index contributed by atoms with van der Waals surface area (Å²) in [6.45, 7) is 5.75. The van der Waals surface area contributed by atoms with Crippen molar-refractivity contribution < 1.29 is 43.1 Å². The first-order valence-electron chi connectivity index (χ1n) is 13.2. The van der Waals surface area contributed by atoms with Gasteiger partial charge in [-0.05, 0) is 51.8 Å². The molecule has 2 aliphatic rings. The highest BCUT2D eigenvalue weighted by atomic mass is 16.7. The number of para-hydroxylation sites is 1. The predicted molar refractivity (Wildman–Crippen MR) is 142 cm³/mol. The minimum Gasteiger partial charge on any atom is -0.534 e. The number of ether oxygens (including phenoxy) is 3. The van der Waals surface area contributed by atoms with Gasteiger partial charge in [-0.25, -0.2) is 14.3 Å². The first-order chi connectivity index (χ1) is 19.6. The number of benzene rings is 1. The molecule has 220 valence electrons. The van der Waals surface area contributed by atoms with Crippen LogP contribution in [-0.4, -0.2) is 95.0 Å². The molecule has 1 aromatic carbocycles. The second kappa shape index (κ2) is 13.1. The lowest BCUT2D eigenvalue weighted by Crippen LogP contribution is -2.53. The zero-order chi connectivity index (χ0) is 29.6. The Morgan fingerprint density at radius 1 is 1.24 bits per heavy atom. The number of fused-ring (bicyclic) bond motifs is 1. The highest BCUT2D eigenvalue weighted by molar-refractivity contribution is 6.47. The molecule has 2 amide bonds. The Labute approximate surface area is 236 Å². The van der Waals surface area contributed by atoms with E-state index < -0.39 is 43.3 Å². The maximum atomic E-state index is 12.7. The van der Waals surface area contributed by atoms with E-state index in [9.17, 15) is 24.2 Å². The second-order valence-electron chi connectivity index (χ2n) is 10.1. The van der Waals surface area contributed by atoms with E-state index in [4.69, 9.17) is 18.9 Å². The summed E-state index contributed by atoms with van der Waals surface area (Å²) in [5, 5.41) is 26.9. The normalized spacial score (nSPS) is 18.2. The lowest BCUT2D eigenvalue weighted by atomic mass is 9.72. The van der Waals surface area contributed by atoms with Gasteiger partial charge in [0.25, 0.3) is 5.91 Å². The third-order valence-corrected chi connectivity index (χ3v) is 6.53. The molecule has 4 N–H and O–H groups in total. The number of rotatable bonds is 11. The summed E-state index contributed by atoms with van der Waals surface area (Å²) in [5.41, 5.74) is -0.539. The molecule has 1 fully saturated rings. The van der Waals surface area contributed by atoms with Crippen LogP contribution in [-0.2, 0) is 36.8 Å². The van der Waals surface area contributed by atoms with Gasteiger partial charge in [-0.3, -0.25) is 9.59 Å². The molecule has 0 aliphatic carbocycles. The topological polar surface area (TPSA) is 192 Å². The van der Waals surface area contributed by atoms with Crippen LogP contribution in [0.4, 0.5) is 0 Å². The first kappa shape index (κ1) is 30.0. The third-order valence-electron chi connectivity index (χ3n) is 6.53. The highest BCUT2D eigenvalue weighted by Crippen LogP contribution is 2.30. The van der Waals surface area contributed by atoms with Gasteiger partial charge in [0.1, 0.15) is 17.9 Å². The molecule has 2 aromatic rings. The van der Waals surface area contributed by atoms with Crippen LogP contribution in [0.5, 0.6) is 5.75 Å². The molecule has 0 bridgehead atoms. The van der Waals surface area contributed by atoms with Gasteiger partial charge in [-0.1, -0.05) is 17.3 Å². The molecule has 3 heterocycles. The van der Waals surface area contributed by atoms with Gasteiger partial charge >= 0.3 is 19.1 Å². The van der Waals surface area contributed by atoms with Crippen LogP contribution in [0, 0.1) is 0 Å². The number of carbonyl (C=O) groups excluding carboxylic acids is 4. The number of aromatic nitrogens is 3. The summed E-state index contributed by atoms with van der Waals surface area (Å²) in [5.74, 6) is -3.12. The zero-order valence-corrected chi connectivity index (χ0v) is 23.0. The standard InChI is InChI=1S/C25H33BN6O9/c1-4-40-25(2,3)24(36)39-14-38-23(35)17-7-5-6-15-10-19(26(37)41-21(15)17)29-20(33)13-32-12-18(30-31-32)22(34)28-16-8-9-27-11-16/h5-7,12,16,19,27,37H,4,8-11,13-14H2,1-3H3,(H,28,34)(H,29,33)/t16-,19-/m0/s1. The molecular weight excluding hydrogens is 539 g/mol. The lowest BCUT2D eigenvalue weighted by Gasteiger charge is -2.29. The fourth-order valence-electron chi connectivity index (χ4n) is 4.43. The fraction of sp³-hybridized carbons (Fsp3) is 0.520. The van der Waals surface area contributed by atoms with Gasteiger partial charge in [0.05, 0.1) is 12.1 Å². The number of hydrogen-bond acceptors (Lipinski definition) is 12. The Kier molecular flexibility index (Phi) is 9.57. The van der Waals surface area contributed by atoms with E-state index in [1.807, 2.05) is 0 Å². The van der Waals surface area contributed by atoms with Crippen LogP contribution < -0.4 is 20.6 Å². The Balaban J connectivity index is 1.30. The van der Waals surface area contributed by atoms with Gasteiger partial charge in [0, 0.05) is 19.2 Å². The Hall–Kier alpha value is -4.02. The molecule has 4 rings (SSSR count). The third kappa shape index (κ3) is 7.59. The average Bonchev–Trinajstić information content (AvgIpc) is 3.61. The Bertz CT molecular complexity index is 1280. The van der Waals surface area contributed by atoms with E-state index in [0.717, 1.165) is 13.0 Å². The summed E-state index contributed by atoms with van der Waals surface area (Å²) in [6, 6.07) is 4.75. The molecule has 0 saturated carbocycles. The molecule has 0 radical (unpaired) electrons. The molecule has 0 unspecified atom stereocenters. The van der Waals surface area contributed by atoms with Crippen LogP contribution in [0.3, 0.4) is 0 Å². The monoisotopic (exact) mass is 572 g/mol. The van der Waals surface area contributed by atoms with Gasteiger partial charge in [0.2, 0.25) is 12.7 Å². The quantitative estimate of drug-likeness (QED) is 0.146. The Morgan fingerprint density at radius 2 is 2.05 bits per heavy atom. The largest absolute Gasteiger partial charge is 0.547 e. The molecular formula is C25H33BN6O9. The molecule has 2 aliphatic heterocycles. The van der Waals surface area contributed by atoms with E-state index in [2.05, 4.69) is 26.3 Å². The average molecular weight is 572 g/mol. The van der Waals surface area contributed by atoms with Crippen molar-refractivity contribution in [3.63, 3.8) is 0 Å². The minimum atomic E-state index is -1.47. The molecule has 2 atom stereocenters. The smallest absolute Gasteiger partial charge is 0.534 e. The van der Waals surface area contributed by atoms with Crippen molar-refractivity contribution in [2.45, 2.75) is 57.7 Å². The minimum absolute atomic E-state index is 0.0181. The van der Waals surface area contributed by atoms with Gasteiger partial charge < -0.3 is 39.8 Å². The summed E-state index contributed by atoms with van der Waals surface area (Å²) in [6.07, 6.45) is 2.34. The van der Waals surface area contributed by atoms with Crippen molar-refractivity contribution in [3.05, 3.63) is 41.2 Å². The molecule has 15 nitrogen and oxygen atoms in total. The van der Waals surface area contributed by atoms with Gasteiger partial charge in [-0.2, -0.15) is 0 Å². The maximum absolute atomic E-state index is 12.7. The van der Waals surface area contributed by atoms with E-state index >= 15 is 0 Å². The predicted octanol–water partition coefficient (Wildman–Crippen LogP) is -1.02. The van der Waals surface area contributed by atoms with Crippen LogP contribution >= 0.6 is 0 Å². The molecule has 0 spiro atoms. The number of hydrogen-bond donors (Lipinski definition) is 4. The van der Waals surface area contributed by atoms with Crippen molar-refractivity contribution in [2.75, 3.05) is 26.5 Å². The number of nitrogens with zero attached hydrogens (tertiary/aromatic N) is 3. The first-order valence-corrected chi connectivity index (χ1v) is 13.2. The van der Waals surface area contributed by atoms with Crippen molar-refractivity contribution >= 4 is 30.9 Å². The van der Waals surface area contributed by atoms with E-state index in [1.54, 1.807) is 19.1 Å². The number of esters is 2. The van der Waals surface area contributed by atoms with Crippen LogP contribution in [0.15, 0.2) is 24.4 Å². The zero-order valence-electron chi connectivity index (χ0n) is 23.0. The van der Waals surface area contributed by atoms with Crippen molar-refractivity contribution in [1.82, 2.24) is 30.9 Å². The maximum Gasteiger partial charge on any atom is 0.547 e. The van der Waals surface area contributed by atoms with Crippen molar-refractivity contribution in [1.29, 1.82) is 0 Å². The summed E-state index contributed by atoms with van der Waals surface area (Å²) >= 11 is 0. The molecule has 1 aromatic heterocycles. The van der Waals surface area contributed by atoms with Crippen LogP contribution in [0.25, 0.3) is 0 Å². The van der Waals surface area contributed by atoms with E-state index in [1.165, 1.54) is 30.8 Å². The molecule has 1 saturated heterocycles. The van der Waals surface area contributed by atoms with Gasteiger partial charge in [0.15, 0.2) is 11.3 Å². The van der Waals surface area contributed by atoms with Crippen molar-refractivity contribution in [2.24, 2.45) is 0 Å². The van der Waals surface area contributed by atoms with E-state index in [0.29, 0.717) is 18.7 Å².